The first-order valence-electron chi connectivity index (χ1n) is 6.72. The topological polar surface area (TPSA) is 15.3 Å². The molecular weight excluding hydrogens is 258 g/mol. The third-order valence-corrected chi connectivity index (χ3v) is 3.59. The average Bonchev–Trinajstić information content (AvgIpc) is 2.47. The Morgan fingerprint density at radius 3 is 2.40 bits per heavy atom. The van der Waals surface area contributed by atoms with E-state index in [1.54, 1.807) is 0 Å². The van der Waals surface area contributed by atoms with Crippen LogP contribution in [-0.4, -0.2) is 19.6 Å². The Kier molecular flexibility index (Phi) is 3.65. The first-order chi connectivity index (χ1) is 9.72. The van der Waals surface area contributed by atoms with Crippen LogP contribution in [0.5, 0.6) is 0 Å². The Hall–Kier alpha value is -1.94. The molecule has 20 heavy (non-hydrogen) atoms. The zero-order valence-electron chi connectivity index (χ0n) is 11.0. The van der Waals surface area contributed by atoms with E-state index in [9.17, 15) is 8.78 Å². The predicted octanol–water partition coefficient (Wildman–Crippen LogP) is 3.12. The quantitative estimate of drug-likeness (QED) is 0.905. The maximum atomic E-state index is 13.3. The van der Waals surface area contributed by atoms with Crippen LogP contribution in [0.1, 0.15) is 11.6 Å². The molecule has 104 valence electrons. The van der Waals surface area contributed by atoms with Gasteiger partial charge in [0.15, 0.2) is 0 Å². The molecule has 0 radical (unpaired) electrons. The fourth-order valence-corrected chi connectivity index (χ4v) is 2.61. The van der Waals surface area contributed by atoms with Gasteiger partial charge in [0.1, 0.15) is 11.6 Å². The molecule has 0 amide bonds. The summed E-state index contributed by atoms with van der Waals surface area (Å²) in [5.41, 5.74) is 1.79. The Morgan fingerprint density at radius 1 is 1.00 bits per heavy atom. The van der Waals surface area contributed by atoms with Crippen LogP contribution in [0.3, 0.4) is 0 Å². The number of hydrogen-bond acceptors (Lipinski definition) is 2. The molecule has 0 spiro atoms. The lowest BCUT2D eigenvalue weighted by molar-refractivity contribution is 0.470. The van der Waals surface area contributed by atoms with Gasteiger partial charge in [0.05, 0.1) is 0 Å². The normalized spacial score (nSPS) is 19.1. The van der Waals surface area contributed by atoms with Gasteiger partial charge in [0, 0.05) is 37.4 Å². The molecular formula is C16H16F2N2. The highest BCUT2D eigenvalue weighted by molar-refractivity contribution is 5.48. The number of piperazine rings is 1. The summed E-state index contributed by atoms with van der Waals surface area (Å²) in [5.74, 6) is -1.07. The highest BCUT2D eigenvalue weighted by Gasteiger charge is 2.21. The van der Waals surface area contributed by atoms with Crippen LogP contribution in [0.15, 0.2) is 48.5 Å². The predicted molar refractivity (Wildman–Crippen MR) is 75.8 cm³/mol. The number of rotatable bonds is 2. The van der Waals surface area contributed by atoms with Crippen LogP contribution in [-0.2, 0) is 0 Å². The lowest BCUT2D eigenvalue weighted by Gasteiger charge is -2.35. The van der Waals surface area contributed by atoms with Crippen molar-refractivity contribution in [1.82, 2.24) is 5.32 Å². The van der Waals surface area contributed by atoms with Crippen molar-refractivity contribution in [3.63, 3.8) is 0 Å². The van der Waals surface area contributed by atoms with Gasteiger partial charge in [-0.3, -0.25) is 0 Å². The minimum absolute atomic E-state index is 0.177. The number of hydrogen-bond donors (Lipinski definition) is 1. The molecule has 0 bridgehead atoms. The zero-order chi connectivity index (χ0) is 13.9. The lowest BCUT2D eigenvalue weighted by atomic mass is 10.0. The van der Waals surface area contributed by atoms with Crippen molar-refractivity contribution in [1.29, 1.82) is 0 Å². The summed E-state index contributed by atoms with van der Waals surface area (Å²) in [5, 5.41) is 3.44. The van der Waals surface area contributed by atoms with Gasteiger partial charge < -0.3 is 10.2 Å². The molecule has 4 heteroatoms. The second-order valence-electron chi connectivity index (χ2n) is 4.99. The van der Waals surface area contributed by atoms with Gasteiger partial charge in [-0.2, -0.15) is 0 Å². The van der Waals surface area contributed by atoms with Crippen molar-refractivity contribution in [2.75, 3.05) is 24.5 Å². The third-order valence-electron chi connectivity index (χ3n) is 3.59. The van der Waals surface area contributed by atoms with Crippen molar-refractivity contribution in [2.45, 2.75) is 6.04 Å². The summed E-state index contributed by atoms with van der Waals surface area (Å²) in [6, 6.07) is 14.0. The summed E-state index contributed by atoms with van der Waals surface area (Å²) in [7, 11) is 0. The van der Waals surface area contributed by atoms with E-state index in [2.05, 4.69) is 17.4 Å². The van der Waals surface area contributed by atoms with Crippen LogP contribution in [0, 0.1) is 11.6 Å². The van der Waals surface area contributed by atoms with Crippen molar-refractivity contribution < 1.29 is 8.78 Å². The number of nitrogens with one attached hydrogen (secondary N) is 1. The van der Waals surface area contributed by atoms with Crippen LogP contribution in [0.2, 0.25) is 0 Å². The minimum atomic E-state index is -0.533. The summed E-state index contributed by atoms with van der Waals surface area (Å²) < 4.78 is 26.6. The second kappa shape index (κ2) is 5.59. The molecule has 1 aliphatic rings. The molecule has 1 atom stereocenters. The number of nitrogens with zero attached hydrogens (tertiary/aromatic N) is 1. The second-order valence-corrected chi connectivity index (χ2v) is 4.99. The fraction of sp³-hybridized carbons (Fsp3) is 0.250. The van der Waals surface area contributed by atoms with Crippen molar-refractivity contribution in [3.05, 3.63) is 65.7 Å². The standard InChI is InChI=1S/C16H16F2N2/c17-13-8-14(18)10-15(9-13)20-7-6-19-16(11-20)12-4-2-1-3-5-12/h1-5,8-10,16,19H,6-7,11H2. The molecule has 0 aliphatic carbocycles. The molecule has 0 aromatic heterocycles. The molecule has 0 saturated carbocycles. The largest absolute Gasteiger partial charge is 0.368 e. The maximum absolute atomic E-state index is 13.3. The van der Waals surface area contributed by atoms with Crippen molar-refractivity contribution in [2.24, 2.45) is 0 Å². The van der Waals surface area contributed by atoms with Gasteiger partial charge in [-0.15, -0.1) is 0 Å². The maximum Gasteiger partial charge on any atom is 0.128 e. The van der Waals surface area contributed by atoms with Gasteiger partial charge in [0.25, 0.3) is 0 Å². The van der Waals surface area contributed by atoms with Crippen molar-refractivity contribution in [3.8, 4) is 0 Å². The number of benzene rings is 2. The highest BCUT2D eigenvalue weighted by Crippen LogP contribution is 2.23. The third kappa shape index (κ3) is 2.80. The van der Waals surface area contributed by atoms with E-state index in [-0.39, 0.29) is 6.04 Å². The van der Waals surface area contributed by atoms with Gasteiger partial charge in [0.2, 0.25) is 0 Å². The van der Waals surface area contributed by atoms with E-state index in [4.69, 9.17) is 0 Å². The molecule has 1 unspecified atom stereocenters. The van der Waals surface area contributed by atoms with Gasteiger partial charge in [-0.1, -0.05) is 30.3 Å². The van der Waals surface area contributed by atoms with Crippen LogP contribution >= 0.6 is 0 Å². The smallest absolute Gasteiger partial charge is 0.128 e. The van der Waals surface area contributed by atoms with Crippen LogP contribution in [0.4, 0.5) is 14.5 Å². The molecule has 2 aromatic rings. The van der Waals surface area contributed by atoms with E-state index in [1.807, 2.05) is 23.1 Å². The van der Waals surface area contributed by atoms with Crippen LogP contribution < -0.4 is 10.2 Å². The summed E-state index contributed by atoms with van der Waals surface area (Å²) >= 11 is 0. The molecule has 2 nitrogen and oxygen atoms in total. The van der Waals surface area contributed by atoms with E-state index >= 15 is 0 Å². The Labute approximate surface area is 117 Å². The molecule has 1 aliphatic heterocycles. The Morgan fingerprint density at radius 2 is 1.70 bits per heavy atom. The molecule has 1 heterocycles. The minimum Gasteiger partial charge on any atom is -0.368 e. The van der Waals surface area contributed by atoms with Gasteiger partial charge in [-0.05, 0) is 17.7 Å². The van der Waals surface area contributed by atoms with E-state index in [0.717, 1.165) is 19.2 Å². The SMILES string of the molecule is Fc1cc(F)cc(N2CCNC(c3ccccc3)C2)c1. The Bertz CT molecular complexity index is 566. The zero-order valence-corrected chi connectivity index (χ0v) is 11.0. The molecule has 2 aromatic carbocycles. The number of anilines is 1. The first kappa shape index (κ1) is 13.1. The molecule has 1 fully saturated rings. The number of halogens is 2. The highest BCUT2D eigenvalue weighted by atomic mass is 19.1. The summed E-state index contributed by atoms with van der Waals surface area (Å²) in [6.07, 6.45) is 0. The average molecular weight is 274 g/mol. The molecule has 1 N–H and O–H groups in total. The first-order valence-corrected chi connectivity index (χ1v) is 6.72. The summed E-state index contributed by atoms with van der Waals surface area (Å²) in [4.78, 5) is 2.01. The van der Waals surface area contributed by atoms with E-state index in [1.165, 1.54) is 17.7 Å². The fourth-order valence-electron chi connectivity index (χ4n) is 2.61. The van der Waals surface area contributed by atoms with Gasteiger partial charge >= 0.3 is 0 Å². The van der Waals surface area contributed by atoms with E-state index in [0.29, 0.717) is 12.2 Å². The van der Waals surface area contributed by atoms with Gasteiger partial charge in [-0.25, -0.2) is 8.78 Å². The van der Waals surface area contributed by atoms with Crippen molar-refractivity contribution >= 4 is 5.69 Å². The van der Waals surface area contributed by atoms with E-state index < -0.39 is 11.6 Å². The summed E-state index contributed by atoms with van der Waals surface area (Å²) in [6.45, 7) is 2.23. The lowest BCUT2D eigenvalue weighted by Crippen LogP contribution is -2.45. The molecule has 3 rings (SSSR count). The van der Waals surface area contributed by atoms with Crippen LogP contribution in [0.25, 0.3) is 0 Å². The molecule has 1 saturated heterocycles. The monoisotopic (exact) mass is 274 g/mol. The Balaban J connectivity index is 1.81.